The lowest BCUT2D eigenvalue weighted by Crippen LogP contribution is -2.35. The third-order valence-corrected chi connectivity index (χ3v) is 3.69. The number of amides is 1. The Morgan fingerprint density at radius 3 is 2.59 bits per heavy atom. The Balaban J connectivity index is 2.82. The summed E-state index contributed by atoms with van der Waals surface area (Å²) < 4.78 is 10.7. The van der Waals surface area contributed by atoms with Crippen LogP contribution in [0.4, 0.5) is 0 Å². The third kappa shape index (κ3) is 6.13. The van der Waals surface area contributed by atoms with Crippen molar-refractivity contribution in [1.29, 1.82) is 0 Å². The molecule has 122 valence electrons. The second kappa shape index (κ2) is 9.55. The van der Waals surface area contributed by atoms with Gasteiger partial charge in [0.1, 0.15) is 0 Å². The van der Waals surface area contributed by atoms with Crippen molar-refractivity contribution >= 4 is 27.8 Å². The lowest BCUT2D eigenvalue weighted by molar-refractivity contribution is -0.141. The zero-order valence-corrected chi connectivity index (χ0v) is 14.3. The largest absolute Gasteiger partial charge is 0.469 e. The number of halogens is 1. The van der Waals surface area contributed by atoms with Crippen molar-refractivity contribution < 1.29 is 19.1 Å². The van der Waals surface area contributed by atoms with E-state index in [1.165, 1.54) is 14.2 Å². The Bertz CT molecular complexity index is 506. The number of methoxy groups -OCH3 is 2. The molecule has 2 unspecified atom stereocenters. The normalized spacial score (nSPS) is 13.3. The summed E-state index contributed by atoms with van der Waals surface area (Å²) >= 11 is 3.38. The molecule has 22 heavy (non-hydrogen) atoms. The number of carbonyl (C=O) groups is 2. The van der Waals surface area contributed by atoms with Gasteiger partial charge < -0.3 is 20.5 Å². The van der Waals surface area contributed by atoms with Crippen LogP contribution >= 0.6 is 15.9 Å². The molecule has 1 aromatic rings. The summed E-state index contributed by atoms with van der Waals surface area (Å²) in [6, 6.07) is 6.94. The van der Waals surface area contributed by atoms with Gasteiger partial charge in [-0.3, -0.25) is 9.59 Å². The van der Waals surface area contributed by atoms with Crippen molar-refractivity contribution in [3.8, 4) is 0 Å². The standard InChI is InChI=1S/C15H21BrN2O4/c1-21-12(9-17)7-14(19)18-13(8-15(20)22-2)10-4-3-5-11(16)6-10/h3-6,12-13H,7-9,17H2,1-2H3,(H,18,19). The minimum Gasteiger partial charge on any atom is -0.469 e. The lowest BCUT2D eigenvalue weighted by Gasteiger charge is -2.20. The highest BCUT2D eigenvalue weighted by Gasteiger charge is 2.21. The zero-order valence-electron chi connectivity index (χ0n) is 12.7. The number of ether oxygens (including phenoxy) is 2. The third-order valence-electron chi connectivity index (χ3n) is 3.19. The Morgan fingerprint density at radius 1 is 1.32 bits per heavy atom. The average Bonchev–Trinajstić information content (AvgIpc) is 2.51. The number of nitrogens with one attached hydrogen (secondary N) is 1. The van der Waals surface area contributed by atoms with E-state index in [4.69, 9.17) is 15.2 Å². The molecule has 0 spiro atoms. The summed E-state index contributed by atoms with van der Waals surface area (Å²) in [6.07, 6.45) is -0.154. The molecule has 0 saturated heterocycles. The molecular formula is C15H21BrN2O4. The summed E-state index contributed by atoms with van der Waals surface area (Å²) in [5, 5.41) is 2.83. The molecule has 0 bridgehead atoms. The monoisotopic (exact) mass is 372 g/mol. The van der Waals surface area contributed by atoms with Crippen LogP contribution in [0.1, 0.15) is 24.4 Å². The number of rotatable bonds is 8. The van der Waals surface area contributed by atoms with E-state index in [0.29, 0.717) is 0 Å². The second-order valence-corrected chi connectivity index (χ2v) is 5.67. The highest BCUT2D eigenvalue weighted by molar-refractivity contribution is 9.10. The highest BCUT2D eigenvalue weighted by atomic mass is 79.9. The molecule has 0 heterocycles. The maximum absolute atomic E-state index is 12.1. The van der Waals surface area contributed by atoms with Crippen LogP contribution in [0.2, 0.25) is 0 Å². The minimum atomic E-state index is -0.465. The molecule has 7 heteroatoms. The Hall–Kier alpha value is -1.44. The highest BCUT2D eigenvalue weighted by Crippen LogP contribution is 2.21. The molecule has 0 aliphatic carbocycles. The molecular weight excluding hydrogens is 352 g/mol. The maximum atomic E-state index is 12.1. The van der Waals surface area contributed by atoms with Crippen LogP contribution in [-0.4, -0.2) is 38.7 Å². The van der Waals surface area contributed by atoms with E-state index in [9.17, 15) is 9.59 Å². The van der Waals surface area contributed by atoms with Crippen LogP contribution < -0.4 is 11.1 Å². The van der Waals surface area contributed by atoms with Gasteiger partial charge in [0.25, 0.3) is 0 Å². The van der Waals surface area contributed by atoms with Gasteiger partial charge in [0.2, 0.25) is 5.91 Å². The predicted molar refractivity (Wildman–Crippen MR) is 86.1 cm³/mol. The predicted octanol–water partition coefficient (Wildman–Crippen LogP) is 1.53. The molecule has 2 atom stereocenters. The molecule has 0 aliphatic heterocycles. The number of benzene rings is 1. The zero-order chi connectivity index (χ0) is 16.5. The fraction of sp³-hybridized carbons (Fsp3) is 0.467. The van der Waals surface area contributed by atoms with Gasteiger partial charge >= 0.3 is 5.97 Å². The maximum Gasteiger partial charge on any atom is 0.307 e. The summed E-state index contributed by atoms with van der Waals surface area (Å²) in [6.45, 7) is 0.252. The van der Waals surface area contributed by atoms with Gasteiger partial charge in [-0.25, -0.2) is 0 Å². The van der Waals surface area contributed by atoms with Crippen LogP contribution in [0.25, 0.3) is 0 Å². The molecule has 0 saturated carbocycles. The molecule has 0 radical (unpaired) electrons. The van der Waals surface area contributed by atoms with Crippen LogP contribution in [0.3, 0.4) is 0 Å². The summed E-state index contributed by atoms with van der Waals surface area (Å²) in [7, 11) is 2.82. The van der Waals surface area contributed by atoms with E-state index in [1.807, 2.05) is 24.3 Å². The summed E-state index contributed by atoms with van der Waals surface area (Å²) in [5.41, 5.74) is 6.32. The first kappa shape index (κ1) is 18.6. The van der Waals surface area contributed by atoms with Crippen LogP contribution in [0.5, 0.6) is 0 Å². The van der Waals surface area contributed by atoms with E-state index in [2.05, 4.69) is 21.2 Å². The van der Waals surface area contributed by atoms with Crippen LogP contribution in [0.15, 0.2) is 28.7 Å². The van der Waals surface area contributed by atoms with Crippen LogP contribution in [0, 0.1) is 0 Å². The molecule has 3 N–H and O–H groups in total. The Kier molecular flexibility index (Phi) is 8.08. The fourth-order valence-electron chi connectivity index (χ4n) is 1.95. The van der Waals surface area contributed by atoms with Crippen molar-refractivity contribution in [3.63, 3.8) is 0 Å². The molecule has 6 nitrogen and oxygen atoms in total. The minimum absolute atomic E-state index is 0.0545. The summed E-state index contributed by atoms with van der Waals surface area (Å²) in [4.78, 5) is 23.7. The van der Waals surface area contributed by atoms with Gasteiger partial charge in [-0.15, -0.1) is 0 Å². The van der Waals surface area contributed by atoms with E-state index in [0.717, 1.165) is 10.0 Å². The second-order valence-electron chi connectivity index (χ2n) is 4.75. The fourth-order valence-corrected chi connectivity index (χ4v) is 2.37. The number of nitrogens with two attached hydrogens (primary N) is 1. The SMILES string of the molecule is COC(=O)CC(NC(=O)CC(CN)OC)c1cccc(Br)c1. The average molecular weight is 373 g/mol. The van der Waals surface area contributed by atoms with E-state index >= 15 is 0 Å². The lowest BCUT2D eigenvalue weighted by atomic mass is 10.0. The number of carbonyl (C=O) groups excluding carboxylic acids is 2. The topological polar surface area (TPSA) is 90.7 Å². The summed E-state index contributed by atoms with van der Waals surface area (Å²) in [5.74, 6) is -0.626. The van der Waals surface area contributed by atoms with E-state index < -0.39 is 12.0 Å². The van der Waals surface area contributed by atoms with Crippen LogP contribution in [-0.2, 0) is 19.1 Å². The Morgan fingerprint density at radius 2 is 2.05 bits per heavy atom. The number of hydrogen-bond donors (Lipinski definition) is 2. The molecule has 1 rings (SSSR count). The molecule has 1 amide bonds. The van der Waals surface area contributed by atoms with E-state index in [-0.39, 0.29) is 31.4 Å². The van der Waals surface area contributed by atoms with Gasteiger partial charge in [-0.1, -0.05) is 28.1 Å². The molecule has 0 aliphatic rings. The first-order chi connectivity index (χ1) is 10.5. The van der Waals surface area contributed by atoms with Crippen molar-refractivity contribution in [2.75, 3.05) is 20.8 Å². The molecule has 0 aromatic heterocycles. The van der Waals surface area contributed by atoms with Gasteiger partial charge in [0.15, 0.2) is 0 Å². The smallest absolute Gasteiger partial charge is 0.307 e. The number of esters is 1. The Labute approximate surface area is 138 Å². The van der Waals surface area contributed by atoms with Gasteiger partial charge in [0.05, 0.1) is 32.1 Å². The first-order valence-corrected chi connectivity index (χ1v) is 7.64. The van der Waals surface area contributed by atoms with Crippen molar-refractivity contribution in [3.05, 3.63) is 34.3 Å². The molecule has 0 fully saturated rings. The van der Waals surface area contributed by atoms with Crippen molar-refractivity contribution in [2.24, 2.45) is 5.73 Å². The van der Waals surface area contributed by atoms with Gasteiger partial charge in [0, 0.05) is 18.1 Å². The van der Waals surface area contributed by atoms with E-state index in [1.54, 1.807) is 0 Å². The van der Waals surface area contributed by atoms with Gasteiger partial charge in [-0.05, 0) is 17.7 Å². The quantitative estimate of drug-likeness (QED) is 0.675. The first-order valence-electron chi connectivity index (χ1n) is 6.84. The van der Waals surface area contributed by atoms with Crippen molar-refractivity contribution in [2.45, 2.75) is 25.0 Å². The molecule has 1 aromatic carbocycles. The van der Waals surface area contributed by atoms with Gasteiger partial charge in [-0.2, -0.15) is 0 Å². The number of hydrogen-bond acceptors (Lipinski definition) is 5. The van der Waals surface area contributed by atoms with Crippen molar-refractivity contribution in [1.82, 2.24) is 5.32 Å².